The quantitative estimate of drug-likeness (QED) is 0.139. The fraction of sp³-hybridized carbons (Fsp3) is 0.260. The first kappa shape index (κ1) is 69.6. The molecule has 0 fully saturated rings. The highest BCUT2D eigenvalue weighted by molar-refractivity contribution is 6.14. The molecule has 0 saturated heterocycles. The van der Waals surface area contributed by atoms with Gasteiger partial charge in [-0.1, -0.05) is 115 Å². The number of hydrogen-bond donors (Lipinski definition) is 0. The van der Waals surface area contributed by atoms with Gasteiger partial charge >= 0.3 is 0 Å². The van der Waals surface area contributed by atoms with Crippen LogP contribution in [-0.4, -0.2) is 113 Å². The fourth-order valence-electron chi connectivity index (χ4n) is 18.3. The van der Waals surface area contributed by atoms with Gasteiger partial charge in [0.15, 0.2) is 62.8 Å². The molecular formula is C100H100N18O5. The van der Waals surface area contributed by atoms with E-state index in [1.807, 2.05) is 159 Å². The maximum absolute atomic E-state index is 8.74. The van der Waals surface area contributed by atoms with Crippen molar-refractivity contribution in [2.24, 2.45) is 0 Å². The van der Waals surface area contributed by atoms with E-state index in [4.69, 9.17) is 33.1 Å². The Morgan fingerprint density at radius 2 is 0.659 bits per heavy atom. The largest absolute Gasteiger partial charge is 0.454 e. The van der Waals surface area contributed by atoms with Crippen LogP contribution in [0.1, 0.15) is 115 Å². The Morgan fingerprint density at radius 3 is 1.04 bits per heavy atom. The second kappa shape index (κ2) is 31.1. The molecule has 8 aromatic carbocycles. The lowest BCUT2D eigenvalue weighted by Crippen LogP contribution is -2.42. The van der Waals surface area contributed by atoms with E-state index < -0.39 is 38.2 Å². The van der Waals surface area contributed by atoms with Gasteiger partial charge < -0.3 is 56.4 Å². The van der Waals surface area contributed by atoms with Crippen LogP contribution in [0.25, 0.3) is 110 Å². The summed E-state index contributed by atoms with van der Waals surface area (Å²) in [6.45, 7) is 25.2. The number of anilines is 11. The van der Waals surface area contributed by atoms with Crippen molar-refractivity contribution < 1.29 is 33.1 Å². The monoisotopic (exact) mass is 1640 g/mol. The minimum Gasteiger partial charge on any atom is -0.454 e. The number of para-hydroxylation sites is 3. The van der Waals surface area contributed by atoms with E-state index in [9.17, 15) is 0 Å². The van der Waals surface area contributed by atoms with Crippen molar-refractivity contribution in [3.8, 4) is 0 Å². The number of fused-ring (bicyclic) bond motifs is 18. The van der Waals surface area contributed by atoms with Crippen molar-refractivity contribution in [2.75, 3.05) is 53.2 Å². The van der Waals surface area contributed by atoms with Gasteiger partial charge in [0.2, 0.25) is 11.4 Å². The molecule has 123 heavy (non-hydrogen) atoms. The average molecular weight is 1640 g/mol. The van der Waals surface area contributed by atoms with Gasteiger partial charge in [-0.3, -0.25) is 14.7 Å². The molecule has 23 nitrogen and oxygen atoms in total. The maximum atomic E-state index is 8.74. The summed E-state index contributed by atoms with van der Waals surface area (Å²) in [5.74, 6) is 3.23. The zero-order valence-corrected chi connectivity index (χ0v) is 71.5. The van der Waals surface area contributed by atoms with Crippen LogP contribution in [0.5, 0.6) is 0 Å². The molecule has 0 N–H and O–H groups in total. The van der Waals surface area contributed by atoms with Crippen LogP contribution in [0, 0.1) is 34.6 Å². The van der Waals surface area contributed by atoms with Crippen molar-refractivity contribution in [1.82, 2.24) is 49.7 Å². The minimum atomic E-state index is -2.55. The molecule has 15 heterocycles. The first-order valence-electron chi connectivity index (χ1n) is 45.5. The van der Waals surface area contributed by atoms with Crippen molar-refractivity contribution in [1.29, 1.82) is 0 Å². The summed E-state index contributed by atoms with van der Waals surface area (Å²) in [5.41, 5.74) is 18.2. The molecule has 0 aliphatic carbocycles. The predicted molar refractivity (Wildman–Crippen MR) is 499 cm³/mol. The molecule has 6 atom stereocenters. The minimum absolute atomic E-state index is 0.123. The number of rotatable bonds is 8. The second-order valence-corrected chi connectivity index (χ2v) is 32.4. The predicted octanol–water partition coefficient (Wildman–Crippen LogP) is 23.9. The highest BCUT2D eigenvalue weighted by Crippen LogP contribution is 2.52. The Hall–Kier alpha value is -14.2. The van der Waals surface area contributed by atoms with Crippen LogP contribution >= 0.6 is 0 Å². The molecule has 0 amide bonds. The van der Waals surface area contributed by atoms with Crippen LogP contribution in [-0.2, 0) is 0 Å². The Morgan fingerprint density at radius 1 is 0.317 bits per heavy atom. The third-order valence-corrected chi connectivity index (χ3v) is 24.3. The highest BCUT2D eigenvalue weighted by atomic mass is 16.4. The van der Waals surface area contributed by atoms with Crippen LogP contribution < -0.4 is 39.2 Å². The Labute approximate surface area is 725 Å². The van der Waals surface area contributed by atoms with Gasteiger partial charge in [0.1, 0.15) is 47.6 Å². The van der Waals surface area contributed by atoms with E-state index in [0.29, 0.717) is 46.3 Å². The third kappa shape index (κ3) is 13.0. The summed E-state index contributed by atoms with van der Waals surface area (Å²) in [4.78, 5) is 55.5. The molecular weight excluding hydrogens is 1530 g/mol. The SMILES string of the molecule is Cc1ccc2c(oc3ncccc32)c1N1C=CN(C(C)C)C1C.Cc1ccc2c(oc3ncccc32)c1N1C=CN(C)C1C.[2H]C(C)(C)N1c2nccnc2N(c2c(C)ccc3c2oc2ccccc23)C1C.[2H]C([2H])([2H])C([2H])(C)N1c2nccnc2N(c2c(C)ccc3c2oc2ccccc23)C1C.[2H]C([2H])([2H])N1c2nccnc2N(c2c(C)ccc3c2oc2ccccc23)C1C. The molecule has 5 aliphatic rings. The molecule has 0 radical (unpaired) electrons. The smallest absolute Gasteiger partial charge is 0.227 e. The Bertz CT molecular complexity index is 7370. The van der Waals surface area contributed by atoms with E-state index in [2.05, 4.69) is 206 Å². The molecule has 5 aliphatic heterocycles. The summed E-state index contributed by atoms with van der Waals surface area (Å²) < 4.78 is 96.2. The highest BCUT2D eigenvalue weighted by Gasteiger charge is 2.43. The van der Waals surface area contributed by atoms with Crippen molar-refractivity contribution in [3.63, 3.8) is 0 Å². The summed E-state index contributed by atoms with van der Waals surface area (Å²) in [6, 6.07) is 50.5. The van der Waals surface area contributed by atoms with E-state index in [-0.39, 0.29) is 18.5 Å². The second-order valence-electron chi connectivity index (χ2n) is 32.4. The molecule has 6 unspecified atom stereocenters. The number of aryl methyl sites for hydroxylation is 5. The molecule has 18 aromatic rings. The van der Waals surface area contributed by atoms with Crippen LogP contribution in [0.3, 0.4) is 0 Å². The lowest BCUT2D eigenvalue weighted by atomic mass is 10.1. The van der Waals surface area contributed by atoms with Crippen molar-refractivity contribution in [3.05, 3.63) is 260 Å². The van der Waals surface area contributed by atoms with Gasteiger partial charge in [-0.25, -0.2) is 39.9 Å². The standard InChI is InChI=1S/2C22H22N4O.C20H18N4O.C19H21N3O.C17H17N3O/c2*1-13(2)25-15(4)26(22-21(25)23-11-12-24-22)19-14(3)9-10-17-16-7-5-6-8-18(16)27-20(17)19;1-12-8-9-15-14-6-4-5-7-16(14)25-18(15)17(12)24-13(2)23(3)19-20(24)22-11-10-21-19;1-12(2)21-10-11-22(14(21)4)17-13(3)7-8-15-16-6-5-9-20-19(16)23-18(15)17;1-11-6-7-13-14-5-4-8-18-17(14)21-16(13)15(11)20-10-9-19(3)12(20)2/h2*5-13,15H,1-4H3;4-11,13H,1-3H3;5-12,14H,1-4H3;4-10,12H,1-3H3/i1D3,13D;13D;3D3;;. The lowest BCUT2D eigenvalue weighted by molar-refractivity contribution is 0.263. The summed E-state index contributed by atoms with van der Waals surface area (Å²) in [6.07, 6.45) is 21.0. The molecule has 23 heteroatoms. The van der Waals surface area contributed by atoms with Crippen LogP contribution in [0.15, 0.2) is 254 Å². The number of aromatic nitrogens is 8. The average Bonchev–Trinajstić information content (AvgIpc) is 1.58. The molecule has 0 bridgehead atoms. The van der Waals surface area contributed by atoms with E-state index in [1.165, 1.54) is 40.2 Å². The molecule has 0 saturated carbocycles. The number of benzene rings is 8. The third-order valence-electron chi connectivity index (χ3n) is 24.3. The normalized spacial score (nSPS) is 19.0. The number of furan rings is 5. The zero-order valence-electron chi connectivity index (χ0n) is 79.5. The fourth-order valence-corrected chi connectivity index (χ4v) is 18.3. The Kier molecular flexibility index (Phi) is 17.6. The maximum Gasteiger partial charge on any atom is 0.227 e. The van der Waals surface area contributed by atoms with E-state index in [0.717, 1.165) is 150 Å². The van der Waals surface area contributed by atoms with Gasteiger partial charge in [0, 0.05) is 169 Å². The Balaban J connectivity index is 0.000000107. The van der Waals surface area contributed by atoms with Crippen LogP contribution in [0.2, 0.25) is 0 Å². The molecule has 0 spiro atoms. The number of nitrogens with zero attached hydrogens (tertiary/aromatic N) is 18. The summed E-state index contributed by atoms with van der Waals surface area (Å²) in [5, 5.41) is 10.6. The van der Waals surface area contributed by atoms with Crippen LogP contribution in [0.4, 0.5) is 63.3 Å². The topological polar surface area (TPSA) is 201 Å². The zero-order chi connectivity index (χ0) is 92.1. The molecule has 620 valence electrons. The number of hydrogen-bond acceptors (Lipinski definition) is 23. The summed E-state index contributed by atoms with van der Waals surface area (Å²) in [7, 11) is 2.08. The van der Waals surface area contributed by atoms with E-state index in [1.54, 1.807) is 37.2 Å². The van der Waals surface area contributed by atoms with Crippen molar-refractivity contribution >= 4 is 173 Å². The summed E-state index contributed by atoms with van der Waals surface area (Å²) >= 11 is 0. The first-order valence-corrected chi connectivity index (χ1v) is 41.5. The van der Waals surface area contributed by atoms with Gasteiger partial charge in [-0.15, -0.1) is 0 Å². The van der Waals surface area contributed by atoms with Crippen molar-refractivity contribution in [2.45, 2.75) is 160 Å². The van der Waals surface area contributed by atoms with Gasteiger partial charge in [-0.2, -0.15) is 0 Å². The van der Waals surface area contributed by atoms with Gasteiger partial charge in [0.05, 0.1) is 31.2 Å². The molecule has 10 aromatic heterocycles. The lowest BCUT2D eigenvalue weighted by Gasteiger charge is -2.33. The van der Waals surface area contributed by atoms with Gasteiger partial charge in [0.25, 0.3) is 0 Å². The molecule has 23 rings (SSSR count). The van der Waals surface area contributed by atoms with E-state index >= 15 is 0 Å². The van der Waals surface area contributed by atoms with Gasteiger partial charge in [-0.05, 0) is 181 Å². The first-order chi connectivity index (χ1) is 62.6. The number of pyridine rings is 2.